The average molecular weight is 90.1 g/mol. The molecule has 0 saturated heterocycles. The lowest BCUT2D eigenvalue weighted by Crippen LogP contribution is -2.03. The van der Waals surface area contributed by atoms with Crippen LogP contribution in [-0.4, -0.2) is 11.0 Å². The van der Waals surface area contributed by atoms with Crippen LogP contribution in [0.1, 0.15) is 14.4 Å². The van der Waals surface area contributed by atoms with Gasteiger partial charge in [-0.3, -0.25) is 0 Å². The summed E-state index contributed by atoms with van der Waals surface area (Å²) < 4.78 is 0. The molecule has 3 heteroatoms. The zero-order valence-corrected chi connectivity index (χ0v) is 2.97. The monoisotopic (exact) mass is 90.1 g/mol. The van der Waals surface area contributed by atoms with Gasteiger partial charge in [-0.2, -0.15) is 0 Å². The number of hydrogen-bond acceptors (Lipinski definition) is 2. The molecule has 0 aromatic rings. The van der Waals surface area contributed by atoms with Gasteiger partial charge in [-0.25, -0.2) is 0 Å². The minimum absolute atomic E-state index is 0. The Balaban J connectivity index is 0. The third-order valence-electron chi connectivity index (χ3n) is 0.158. The van der Waals surface area contributed by atoms with Crippen molar-refractivity contribution in [2.75, 3.05) is 0 Å². The van der Waals surface area contributed by atoms with Gasteiger partial charge < -0.3 is 10.9 Å². The van der Waals surface area contributed by atoms with E-state index in [9.17, 15) is 0 Å². The molecule has 0 bridgehead atoms. The molecule has 0 unspecified atom stereocenters. The van der Waals surface area contributed by atoms with Crippen LogP contribution in [0.25, 0.3) is 0 Å². The van der Waals surface area contributed by atoms with Crippen LogP contribution in [0.5, 0.6) is 0 Å². The van der Waals surface area contributed by atoms with Crippen LogP contribution in [0.2, 0.25) is 0 Å². The van der Waals surface area contributed by atoms with E-state index in [4.69, 9.17) is 10.9 Å². The van der Waals surface area contributed by atoms with Crippen LogP contribution < -0.4 is 5.73 Å². The Kier molecular flexibility index (Phi) is 6.40. The van der Waals surface area contributed by atoms with Gasteiger partial charge in [0.2, 0.25) is 0 Å². The Morgan fingerprint density at radius 1 is 1.83 bits per heavy atom. The zero-order valence-electron chi connectivity index (χ0n) is 2.97. The van der Waals surface area contributed by atoms with Gasteiger partial charge in [0, 0.05) is 0 Å². The summed E-state index contributed by atoms with van der Waals surface area (Å²) in [6, 6.07) is 0. The second-order valence-corrected chi connectivity index (χ2v) is 0.741. The molecule has 0 atom stereocenters. The first-order chi connectivity index (χ1) is 2.27. The molecule has 0 fully saturated rings. The number of oxime groups is 1. The van der Waals surface area contributed by atoms with Crippen molar-refractivity contribution in [2.45, 2.75) is 14.4 Å². The van der Waals surface area contributed by atoms with E-state index in [1.807, 2.05) is 0 Å². The minimum atomic E-state index is 0. The topological polar surface area (TPSA) is 58.6 Å². The summed E-state index contributed by atoms with van der Waals surface area (Å²) in [6.45, 7) is 1.50. The van der Waals surface area contributed by atoms with Crippen LogP contribution in [0.15, 0.2) is 5.16 Å². The quantitative estimate of drug-likeness (QED) is 0.195. The van der Waals surface area contributed by atoms with Crippen LogP contribution in [0, 0.1) is 0 Å². The molecule has 0 rings (SSSR count). The minimum Gasteiger partial charge on any atom is -0.409 e. The normalized spacial score (nSPS) is 9.83. The number of amidine groups is 1. The first kappa shape index (κ1) is 8.99. The highest BCUT2D eigenvalue weighted by Crippen LogP contribution is 1.51. The third kappa shape index (κ3) is 10.4. The highest BCUT2D eigenvalue weighted by Gasteiger charge is 1.64. The van der Waals surface area contributed by atoms with Gasteiger partial charge in [0.1, 0.15) is 5.84 Å². The second-order valence-electron chi connectivity index (χ2n) is 0.741. The van der Waals surface area contributed by atoms with E-state index in [-0.39, 0.29) is 13.3 Å². The standard InChI is InChI=1S/C2H6N2O.CH4/c1-2(3)4-5;/h5H,1H3,(H2,3,4);1H4. The van der Waals surface area contributed by atoms with Crippen molar-refractivity contribution in [1.29, 1.82) is 0 Å². The van der Waals surface area contributed by atoms with Crippen LogP contribution in [0.3, 0.4) is 0 Å². The van der Waals surface area contributed by atoms with Gasteiger partial charge in [-0.05, 0) is 6.92 Å². The van der Waals surface area contributed by atoms with E-state index >= 15 is 0 Å². The summed E-state index contributed by atoms with van der Waals surface area (Å²) in [5, 5.41) is 10.2. The highest BCUT2D eigenvalue weighted by molar-refractivity contribution is 5.76. The van der Waals surface area contributed by atoms with Gasteiger partial charge in [-0.15, -0.1) is 0 Å². The fourth-order valence-corrected chi connectivity index (χ4v) is 0. The number of nitrogens with zero attached hydrogens (tertiary/aromatic N) is 1. The van der Waals surface area contributed by atoms with Crippen molar-refractivity contribution in [3.8, 4) is 0 Å². The van der Waals surface area contributed by atoms with Crippen molar-refractivity contribution in [1.82, 2.24) is 0 Å². The highest BCUT2D eigenvalue weighted by atomic mass is 16.4. The lowest BCUT2D eigenvalue weighted by Gasteiger charge is -1.73. The van der Waals surface area contributed by atoms with Crippen molar-refractivity contribution in [3.05, 3.63) is 0 Å². The third-order valence-corrected chi connectivity index (χ3v) is 0.158. The summed E-state index contributed by atoms with van der Waals surface area (Å²) in [4.78, 5) is 0. The van der Waals surface area contributed by atoms with E-state index in [1.165, 1.54) is 6.92 Å². The Bertz CT molecular complexity index is 46.8. The number of rotatable bonds is 0. The molecule has 6 heavy (non-hydrogen) atoms. The predicted octanol–water partition coefficient (Wildman–Crippen LogP) is 0.389. The molecule has 0 heterocycles. The lowest BCUT2D eigenvalue weighted by molar-refractivity contribution is 0.318. The van der Waals surface area contributed by atoms with Gasteiger partial charge in [0.05, 0.1) is 0 Å². The van der Waals surface area contributed by atoms with Gasteiger partial charge in [-0.1, -0.05) is 12.6 Å². The summed E-state index contributed by atoms with van der Waals surface area (Å²) in [6.07, 6.45) is 0. The molecule has 3 N–H and O–H groups in total. The SMILES string of the molecule is C.C/C(N)=N/O. The van der Waals surface area contributed by atoms with Crippen molar-refractivity contribution < 1.29 is 5.21 Å². The van der Waals surface area contributed by atoms with Gasteiger partial charge >= 0.3 is 0 Å². The van der Waals surface area contributed by atoms with E-state index in [0.29, 0.717) is 0 Å². The average Bonchev–Trinajstić information content (AvgIpc) is 1.38. The summed E-state index contributed by atoms with van der Waals surface area (Å²) in [5.41, 5.74) is 4.79. The largest absolute Gasteiger partial charge is 0.409 e. The molecule has 0 amide bonds. The molecule has 3 nitrogen and oxygen atoms in total. The molecule has 0 aliphatic carbocycles. The fourth-order valence-electron chi connectivity index (χ4n) is 0. The lowest BCUT2D eigenvalue weighted by atomic mass is 10.7. The molecular formula is C3H10N2O. The maximum Gasteiger partial charge on any atom is 0.135 e. The maximum absolute atomic E-state index is 7.61. The van der Waals surface area contributed by atoms with Crippen molar-refractivity contribution in [3.63, 3.8) is 0 Å². The van der Waals surface area contributed by atoms with Crippen molar-refractivity contribution in [2.24, 2.45) is 10.9 Å². The first-order valence-corrected chi connectivity index (χ1v) is 1.21. The van der Waals surface area contributed by atoms with Crippen LogP contribution in [-0.2, 0) is 0 Å². The van der Waals surface area contributed by atoms with Gasteiger partial charge in [0.25, 0.3) is 0 Å². The molecular weight excluding hydrogens is 80.0 g/mol. The smallest absolute Gasteiger partial charge is 0.135 e. The summed E-state index contributed by atoms with van der Waals surface area (Å²) in [5.74, 6) is 0.185. The molecule has 0 aromatic carbocycles. The molecule has 0 aromatic heterocycles. The zero-order chi connectivity index (χ0) is 4.28. The Morgan fingerprint density at radius 3 is 2.00 bits per heavy atom. The molecule has 0 spiro atoms. The van der Waals surface area contributed by atoms with E-state index in [1.54, 1.807) is 0 Å². The molecule has 0 radical (unpaired) electrons. The molecule has 0 aliphatic heterocycles. The fraction of sp³-hybridized carbons (Fsp3) is 0.667. The summed E-state index contributed by atoms with van der Waals surface area (Å²) >= 11 is 0. The number of nitrogens with two attached hydrogens (primary N) is 1. The van der Waals surface area contributed by atoms with Crippen LogP contribution in [0.4, 0.5) is 0 Å². The van der Waals surface area contributed by atoms with Gasteiger partial charge in [0.15, 0.2) is 0 Å². The predicted molar refractivity (Wildman–Crippen MR) is 25.8 cm³/mol. The second kappa shape index (κ2) is 4.27. The van der Waals surface area contributed by atoms with E-state index in [0.717, 1.165) is 0 Å². The van der Waals surface area contributed by atoms with Crippen LogP contribution >= 0.6 is 0 Å². The van der Waals surface area contributed by atoms with Crippen molar-refractivity contribution >= 4 is 5.84 Å². The Hall–Kier alpha value is -0.730. The Morgan fingerprint density at radius 2 is 2.00 bits per heavy atom. The molecule has 38 valence electrons. The van der Waals surface area contributed by atoms with E-state index < -0.39 is 0 Å². The first-order valence-electron chi connectivity index (χ1n) is 1.21. The maximum atomic E-state index is 7.61. The molecule has 0 saturated carbocycles. The Labute approximate surface area is 37.5 Å². The summed E-state index contributed by atoms with van der Waals surface area (Å²) in [7, 11) is 0. The van der Waals surface area contributed by atoms with E-state index in [2.05, 4.69) is 5.16 Å². The number of hydrogen-bond donors (Lipinski definition) is 2. The molecule has 0 aliphatic rings.